The van der Waals surface area contributed by atoms with E-state index in [1.165, 1.54) is 0 Å². The summed E-state index contributed by atoms with van der Waals surface area (Å²) in [6.45, 7) is 0. The molecule has 2 heterocycles. The van der Waals surface area contributed by atoms with Crippen LogP contribution in [-0.4, -0.2) is 33.9 Å². The van der Waals surface area contributed by atoms with E-state index in [-0.39, 0.29) is 23.9 Å². The van der Waals surface area contributed by atoms with Gasteiger partial charge in [0.25, 0.3) is 11.8 Å². The Morgan fingerprint density at radius 3 is 1.63 bits per heavy atom. The molecule has 0 saturated heterocycles. The van der Waals surface area contributed by atoms with Crippen LogP contribution in [0.5, 0.6) is 0 Å². The van der Waals surface area contributed by atoms with Gasteiger partial charge in [-0.1, -0.05) is 0 Å². The average molecular weight is 406 g/mol. The quantitative estimate of drug-likeness (QED) is 0.604. The first-order chi connectivity index (χ1) is 14.5. The highest BCUT2D eigenvalue weighted by Gasteiger charge is 2.34. The van der Waals surface area contributed by atoms with Gasteiger partial charge in [0.1, 0.15) is 11.6 Å². The van der Waals surface area contributed by atoms with E-state index < -0.39 is 0 Å². The lowest BCUT2D eigenvalue weighted by Gasteiger charge is -2.36. The third-order valence-corrected chi connectivity index (χ3v) is 6.62. The van der Waals surface area contributed by atoms with Crippen molar-refractivity contribution in [3.63, 3.8) is 0 Å². The predicted molar refractivity (Wildman–Crippen MR) is 113 cm³/mol. The maximum Gasteiger partial charge on any atom is 0.255 e. The molecular weight excluding hydrogens is 380 g/mol. The van der Waals surface area contributed by atoms with Crippen LogP contribution in [0.4, 0.5) is 11.6 Å². The van der Waals surface area contributed by atoms with Crippen molar-refractivity contribution in [2.75, 3.05) is 11.5 Å². The number of rotatable bonds is 4. The molecule has 156 valence electrons. The molecule has 3 aliphatic carbocycles. The highest BCUT2D eigenvalue weighted by molar-refractivity contribution is 6.01. The molecule has 30 heavy (non-hydrogen) atoms. The summed E-state index contributed by atoms with van der Waals surface area (Å²) < 4.78 is 0. The smallest absolute Gasteiger partial charge is 0.255 e. The van der Waals surface area contributed by atoms with Gasteiger partial charge in [0.15, 0.2) is 0 Å². The molecular formula is C22H26N6O2. The molecule has 0 spiro atoms. The van der Waals surface area contributed by atoms with Crippen LogP contribution in [-0.2, 0) is 25.7 Å². The first-order valence-electron chi connectivity index (χ1n) is 10.7. The van der Waals surface area contributed by atoms with Gasteiger partial charge in [-0.05, 0) is 73.6 Å². The standard InChI is InChI=1S/C22H26N6O2/c23-19-17(15-5-1-3-11(15)9-25-19)21(29)27-13-7-14(8-13)28-22(30)18-16-6-2-4-12(16)10-26-20(18)24/h9-10,13-14H,1-8H2,(H2,23,25)(H2,24,26)(H,27,29)(H,28,30). The van der Waals surface area contributed by atoms with E-state index in [2.05, 4.69) is 20.6 Å². The van der Waals surface area contributed by atoms with Crippen molar-refractivity contribution in [2.24, 2.45) is 0 Å². The number of carbonyl (C=O) groups excluding carboxylic acids is 2. The summed E-state index contributed by atoms with van der Waals surface area (Å²) >= 11 is 0. The van der Waals surface area contributed by atoms with E-state index in [0.29, 0.717) is 35.6 Å². The second-order valence-corrected chi connectivity index (χ2v) is 8.56. The minimum Gasteiger partial charge on any atom is -0.383 e. The Morgan fingerprint density at radius 1 is 0.767 bits per heavy atom. The third-order valence-electron chi connectivity index (χ3n) is 6.62. The van der Waals surface area contributed by atoms with E-state index in [9.17, 15) is 9.59 Å². The number of hydrogen-bond donors (Lipinski definition) is 4. The Morgan fingerprint density at radius 2 is 1.20 bits per heavy atom. The van der Waals surface area contributed by atoms with Crippen LogP contribution in [0.3, 0.4) is 0 Å². The van der Waals surface area contributed by atoms with Crippen LogP contribution in [0, 0.1) is 0 Å². The molecule has 2 amide bonds. The number of pyridine rings is 2. The molecule has 2 aromatic rings. The lowest BCUT2D eigenvalue weighted by molar-refractivity contribution is 0.0862. The fourth-order valence-electron chi connectivity index (χ4n) is 5.00. The van der Waals surface area contributed by atoms with Gasteiger partial charge in [0.05, 0.1) is 11.1 Å². The Hall–Kier alpha value is -3.16. The number of amides is 2. The summed E-state index contributed by atoms with van der Waals surface area (Å²) in [5.74, 6) is 0.252. The topological polar surface area (TPSA) is 136 Å². The first-order valence-corrected chi connectivity index (χ1v) is 10.7. The second-order valence-electron chi connectivity index (χ2n) is 8.56. The number of fused-ring (bicyclic) bond motifs is 2. The van der Waals surface area contributed by atoms with Gasteiger partial charge < -0.3 is 22.1 Å². The summed E-state index contributed by atoms with van der Waals surface area (Å²) in [5.41, 5.74) is 17.4. The molecule has 2 aromatic heterocycles. The minimum absolute atomic E-state index is 0.0106. The monoisotopic (exact) mass is 406 g/mol. The van der Waals surface area contributed by atoms with Crippen molar-refractivity contribution in [2.45, 2.75) is 63.5 Å². The van der Waals surface area contributed by atoms with Crippen molar-refractivity contribution in [3.05, 3.63) is 45.8 Å². The van der Waals surface area contributed by atoms with Gasteiger partial charge in [-0.2, -0.15) is 0 Å². The van der Waals surface area contributed by atoms with Gasteiger partial charge in [0.2, 0.25) is 0 Å². The summed E-state index contributed by atoms with van der Waals surface area (Å²) in [6.07, 6.45) is 10.6. The molecule has 0 aliphatic heterocycles. The number of nitrogens with zero attached hydrogens (tertiary/aromatic N) is 2. The SMILES string of the molecule is Nc1ncc2c(c1C(=O)NC1CC(NC(=O)c3c(N)ncc4c3CCC4)C1)CCC2. The number of nitrogen functional groups attached to an aromatic ring is 2. The molecule has 0 radical (unpaired) electrons. The Labute approximate surface area is 174 Å². The van der Waals surface area contributed by atoms with Gasteiger partial charge in [0, 0.05) is 24.5 Å². The molecule has 8 heteroatoms. The highest BCUT2D eigenvalue weighted by Crippen LogP contribution is 2.30. The summed E-state index contributed by atoms with van der Waals surface area (Å²) in [7, 11) is 0. The van der Waals surface area contributed by atoms with E-state index in [1.807, 2.05) is 0 Å². The zero-order chi connectivity index (χ0) is 20.8. The number of hydrogen-bond acceptors (Lipinski definition) is 6. The lowest BCUT2D eigenvalue weighted by Crippen LogP contribution is -2.54. The number of nitrogens with one attached hydrogen (secondary N) is 2. The second kappa shape index (κ2) is 7.27. The molecule has 0 bridgehead atoms. The summed E-state index contributed by atoms with van der Waals surface area (Å²) in [4.78, 5) is 34.0. The van der Waals surface area contributed by atoms with Crippen LogP contribution >= 0.6 is 0 Å². The number of aromatic nitrogens is 2. The molecule has 1 fully saturated rings. The molecule has 6 N–H and O–H groups in total. The maximum absolute atomic E-state index is 12.8. The van der Waals surface area contributed by atoms with Gasteiger partial charge >= 0.3 is 0 Å². The van der Waals surface area contributed by atoms with Crippen LogP contribution in [0.25, 0.3) is 0 Å². The maximum atomic E-state index is 12.8. The molecule has 0 aromatic carbocycles. The number of anilines is 2. The lowest BCUT2D eigenvalue weighted by atomic mass is 9.86. The van der Waals surface area contributed by atoms with Crippen molar-refractivity contribution in [3.8, 4) is 0 Å². The third kappa shape index (κ3) is 3.16. The van der Waals surface area contributed by atoms with Crippen molar-refractivity contribution in [1.29, 1.82) is 0 Å². The van der Waals surface area contributed by atoms with E-state index in [1.54, 1.807) is 12.4 Å². The molecule has 5 rings (SSSR count). The van der Waals surface area contributed by atoms with Crippen LogP contribution in [0.15, 0.2) is 12.4 Å². The van der Waals surface area contributed by atoms with Gasteiger partial charge in [-0.3, -0.25) is 9.59 Å². The normalized spacial score (nSPS) is 21.5. The molecule has 1 saturated carbocycles. The first kappa shape index (κ1) is 18.8. The number of nitrogens with two attached hydrogens (primary N) is 2. The Balaban J connectivity index is 1.20. The van der Waals surface area contributed by atoms with Crippen molar-refractivity contribution < 1.29 is 9.59 Å². The Kier molecular flexibility index (Phi) is 4.56. The number of carbonyl (C=O) groups is 2. The summed E-state index contributed by atoms with van der Waals surface area (Å²) in [5, 5.41) is 6.10. The fraction of sp³-hybridized carbons (Fsp3) is 0.455. The van der Waals surface area contributed by atoms with E-state index in [4.69, 9.17) is 11.5 Å². The van der Waals surface area contributed by atoms with Crippen molar-refractivity contribution in [1.82, 2.24) is 20.6 Å². The predicted octanol–water partition coefficient (Wildman–Crippen LogP) is 1.31. The van der Waals surface area contributed by atoms with Gasteiger partial charge in [-0.15, -0.1) is 0 Å². The van der Waals surface area contributed by atoms with Crippen LogP contribution in [0.1, 0.15) is 68.7 Å². The zero-order valence-electron chi connectivity index (χ0n) is 16.8. The Bertz CT molecular complexity index is 963. The average Bonchev–Trinajstić information content (AvgIpc) is 3.34. The fourth-order valence-corrected chi connectivity index (χ4v) is 5.00. The van der Waals surface area contributed by atoms with E-state index >= 15 is 0 Å². The van der Waals surface area contributed by atoms with Crippen molar-refractivity contribution >= 4 is 23.5 Å². The molecule has 3 aliphatic rings. The molecule has 0 atom stereocenters. The molecule has 0 unspecified atom stereocenters. The summed E-state index contributed by atoms with van der Waals surface area (Å²) in [6, 6.07) is 0.0211. The largest absolute Gasteiger partial charge is 0.383 e. The van der Waals surface area contributed by atoms with E-state index in [0.717, 1.165) is 60.8 Å². The van der Waals surface area contributed by atoms with Crippen LogP contribution in [0.2, 0.25) is 0 Å². The van der Waals surface area contributed by atoms with Gasteiger partial charge in [-0.25, -0.2) is 9.97 Å². The van der Waals surface area contributed by atoms with Crippen LogP contribution < -0.4 is 22.1 Å². The number of aryl methyl sites for hydroxylation is 2. The molecule has 8 nitrogen and oxygen atoms in total. The minimum atomic E-state index is -0.164. The highest BCUT2D eigenvalue weighted by atomic mass is 16.2. The zero-order valence-corrected chi connectivity index (χ0v) is 16.8.